The predicted molar refractivity (Wildman–Crippen MR) is 73.2 cm³/mol. The van der Waals surface area contributed by atoms with Crippen LogP contribution in [-0.4, -0.2) is 36.1 Å². The van der Waals surface area contributed by atoms with Crippen molar-refractivity contribution in [3.63, 3.8) is 0 Å². The van der Waals surface area contributed by atoms with Crippen LogP contribution in [0.4, 0.5) is 0 Å². The molecule has 1 unspecified atom stereocenters. The van der Waals surface area contributed by atoms with E-state index in [1.807, 2.05) is 12.4 Å². The predicted octanol–water partition coefficient (Wildman–Crippen LogP) is 1.90. The summed E-state index contributed by atoms with van der Waals surface area (Å²) in [5.74, 6) is 1.92. The Labute approximate surface area is 110 Å². The summed E-state index contributed by atoms with van der Waals surface area (Å²) in [5.41, 5.74) is 1.39. The highest BCUT2D eigenvalue weighted by Crippen LogP contribution is 2.29. The first-order valence-electron chi connectivity index (χ1n) is 7.24. The molecule has 2 aliphatic rings. The number of piperidine rings is 1. The van der Waals surface area contributed by atoms with Crippen LogP contribution in [0, 0.1) is 11.8 Å². The summed E-state index contributed by atoms with van der Waals surface area (Å²) in [6.07, 6.45) is 7.96. The number of nitrogens with zero attached hydrogens (tertiary/aromatic N) is 2. The minimum atomic E-state index is 0.952. The van der Waals surface area contributed by atoms with E-state index in [2.05, 4.69) is 27.3 Å². The van der Waals surface area contributed by atoms with Gasteiger partial charge in [0.05, 0.1) is 0 Å². The number of hydrogen-bond acceptors (Lipinski definition) is 3. The maximum absolute atomic E-state index is 4.08. The lowest BCUT2D eigenvalue weighted by Gasteiger charge is -2.34. The zero-order valence-electron chi connectivity index (χ0n) is 11.0. The second-order valence-electron chi connectivity index (χ2n) is 5.72. The van der Waals surface area contributed by atoms with Crippen LogP contribution in [0.25, 0.3) is 0 Å². The maximum atomic E-state index is 4.08. The third-order valence-electron chi connectivity index (χ3n) is 4.55. The van der Waals surface area contributed by atoms with Crippen LogP contribution in [0.5, 0.6) is 0 Å². The zero-order chi connectivity index (χ0) is 12.2. The van der Waals surface area contributed by atoms with Crippen LogP contribution >= 0.6 is 0 Å². The molecular weight excluding hydrogens is 222 g/mol. The summed E-state index contributed by atoms with van der Waals surface area (Å²) >= 11 is 0. The molecule has 3 rings (SSSR count). The lowest BCUT2D eigenvalue weighted by atomic mass is 9.84. The Morgan fingerprint density at radius 2 is 1.89 bits per heavy atom. The lowest BCUT2D eigenvalue weighted by molar-refractivity contribution is 0.146. The van der Waals surface area contributed by atoms with Crippen molar-refractivity contribution in [2.45, 2.75) is 25.8 Å². The van der Waals surface area contributed by atoms with Crippen LogP contribution in [0.15, 0.2) is 24.5 Å². The normalized spacial score (nSPS) is 26.6. The summed E-state index contributed by atoms with van der Waals surface area (Å²) < 4.78 is 0. The Kier molecular flexibility index (Phi) is 3.91. The molecule has 18 heavy (non-hydrogen) atoms. The largest absolute Gasteiger partial charge is 0.316 e. The third-order valence-corrected chi connectivity index (χ3v) is 4.55. The Morgan fingerprint density at radius 3 is 2.56 bits per heavy atom. The van der Waals surface area contributed by atoms with Crippen molar-refractivity contribution in [1.82, 2.24) is 15.2 Å². The molecule has 0 aliphatic carbocycles. The molecule has 0 radical (unpaired) electrons. The molecule has 2 fully saturated rings. The van der Waals surface area contributed by atoms with Crippen molar-refractivity contribution in [3.8, 4) is 0 Å². The summed E-state index contributed by atoms with van der Waals surface area (Å²) in [6, 6.07) is 4.26. The minimum Gasteiger partial charge on any atom is -0.316 e. The van der Waals surface area contributed by atoms with Gasteiger partial charge < -0.3 is 5.32 Å². The molecule has 2 aliphatic heterocycles. The van der Waals surface area contributed by atoms with Crippen LogP contribution in [0.3, 0.4) is 0 Å². The fraction of sp³-hybridized carbons (Fsp3) is 0.667. The van der Waals surface area contributed by atoms with E-state index in [0.29, 0.717) is 0 Å². The Bertz CT molecular complexity index is 351. The van der Waals surface area contributed by atoms with Crippen molar-refractivity contribution >= 4 is 0 Å². The highest BCUT2D eigenvalue weighted by Gasteiger charge is 2.28. The highest BCUT2D eigenvalue weighted by molar-refractivity contribution is 5.09. The van der Waals surface area contributed by atoms with Gasteiger partial charge >= 0.3 is 0 Å². The zero-order valence-corrected chi connectivity index (χ0v) is 11.0. The standard InChI is InChI=1S/C15H23N3/c1-6-16-7-2-13(1)12-18-9-4-14(5-10-18)15-3-8-17-11-15/h1-2,6-7,14-15,17H,3-5,8-12H2. The van der Waals surface area contributed by atoms with Crippen molar-refractivity contribution in [2.75, 3.05) is 26.2 Å². The Balaban J connectivity index is 1.48. The van der Waals surface area contributed by atoms with Gasteiger partial charge in [-0.05, 0) is 75.0 Å². The van der Waals surface area contributed by atoms with Crippen molar-refractivity contribution in [3.05, 3.63) is 30.1 Å². The van der Waals surface area contributed by atoms with Gasteiger partial charge in [0.25, 0.3) is 0 Å². The fourth-order valence-electron chi connectivity index (χ4n) is 3.41. The summed E-state index contributed by atoms with van der Waals surface area (Å²) in [6.45, 7) is 6.13. The van der Waals surface area contributed by atoms with E-state index in [0.717, 1.165) is 18.4 Å². The summed E-state index contributed by atoms with van der Waals surface area (Å²) in [7, 11) is 0. The SMILES string of the molecule is c1cc(CN2CCC(C3CCNC3)CC2)ccn1. The van der Waals surface area contributed by atoms with Crippen molar-refractivity contribution < 1.29 is 0 Å². The van der Waals surface area contributed by atoms with E-state index in [9.17, 15) is 0 Å². The molecular formula is C15H23N3. The van der Waals surface area contributed by atoms with Gasteiger partial charge in [-0.25, -0.2) is 0 Å². The number of aromatic nitrogens is 1. The van der Waals surface area contributed by atoms with E-state index in [-0.39, 0.29) is 0 Å². The quantitative estimate of drug-likeness (QED) is 0.881. The first-order chi connectivity index (χ1) is 8.92. The second kappa shape index (κ2) is 5.81. The van der Waals surface area contributed by atoms with Crippen molar-refractivity contribution in [1.29, 1.82) is 0 Å². The van der Waals surface area contributed by atoms with Gasteiger partial charge in [-0.1, -0.05) is 0 Å². The molecule has 1 atom stereocenters. The van der Waals surface area contributed by atoms with Crippen LogP contribution in [-0.2, 0) is 6.54 Å². The number of rotatable bonds is 3. The Morgan fingerprint density at radius 1 is 1.11 bits per heavy atom. The van der Waals surface area contributed by atoms with Gasteiger partial charge in [0.15, 0.2) is 0 Å². The van der Waals surface area contributed by atoms with E-state index in [1.54, 1.807) is 0 Å². The number of nitrogens with one attached hydrogen (secondary N) is 1. The smallest absolute Gasteiger partial charge is 0.0271 e. The summed E-state index contributed by atoms with van der Waals surface area (Å²) in [5, 5.41) is 3.50. The highest BCUT2D eigenvalue weighted by atomic mass is 15.1. The van der Waals surface area contributed by atoms with E-state index >= 15 is 0 Å². The van der Waals surface area contributed by atoms with Gasteiger partial charge in [0, 0.05) is 18.9 Å². The molecule has 0 amide bonds. The van der Waals surface area contributed by atoms with Gasteiger partial charge in [0.2, 0.25) is 0 Å². The fourth-order valence-corrected chi connectivity index (χ4v) is 3.41. The van der Waals surface area contributed by atoms with Crippen LogP contribution < -0.4 is 5.32 Å². The molecule has 1 aromatic rings. The molecule has 0 saturated carbocycles. The van der Waals surface area contributed by atoms with E-state index in [4.69, 9.17) is 0 Å². The van der Waals surface area contributed by atoms with Gasteiger partial charge in [0.1, 0.15) is 0 Å². The van der Waals surface area contributed by atoms with Gasteiger partial charge in [-0.15, -0.1) is 0 Å². The molecule has 98 valence electrons. The average molecular weight is 245 g/mol. The van der Waals surface area contributed by atoms with Gasteiger partial charge in [-0.3, -0.25) is 9.88 Å². The van der Waals surface area contributed by atoms with E-state index < -0.39 is 0 Å². The van der Waals surface area contributed by atoms with Crippen LogP contribution in [0.1, 0.15) is 24.8 Å². The molecule has 1 aromatic heterocycles. The molecule has 0 spiro atoms. The topological polar surface area (TPSA) is 28.2 Å². The monoisotopic (exact) mass is 245 g/mol. The van der Waals surface area contributed by atoms with Crippen molar-refractivity contribution in [2.24, 2.45) is 11.8 Å². The van der Waals surface area contributed by atoms with Gasteiger partial charge in [-0.2, -0.15) is 0 Å². The average Bonchev–Trinajstić information content (AvgIpc) is 2.95. The molecule has 3 heterocycles. The number of likely N-dealkylation sites (tertiary alicyclic amines) is 1. The van der Waals surface area contributed by atoms with E-state index in [1.165, 1.54) is 51.0 Å². The number of hydrogen-bond donors (Lipinski definition) is 1. The Hall–Kier alpha value is -0.930. The molecule has 0 bridgehead atoms. The molecule has 0 aromatic carbocycles. The third kappa shape index (κ3) is 2.90. The first-order valence-corrected chi connectivity index (χ1v) is 7.24. The second-order valence-corrected chi connectivity index (χ2v) is 5.72. The molecule has 3 nitrogen and oxygen atoms in total. The minimum absolute atomic E-state index is 0.952. The molecule has 2 saturated heterocycles. The lowest BCUT2D eigenvalue weighted by Crippen LogP contribution is -2.36. The number of pyridine rings is 1. The first kappa shape index (κ1) is 12.1. The molecule has 3 heteroatoms. The van der Waals surface area contributed by atoms with Crippen LogP contribution in [0.2, 0.25) is 0 Å². The molecule has 1 N–H and O–H groups in total. The maximum Gasteiger partial charge on any atom is 0.0271 e. The summed E-state index contributed by atoms with van der Waals surface area (Å²) in [4.78, 5) is 6.67.